The lowest BCUT2D eigenvalue weighted by molar-refractivity contribution is -0.145. The average molecular weight is 340 g/mol. The zero-order valence-electron chi connectivity index (χ0n) is 15.9. The topological polar surface area (TPSA) is 35.5 Å². The Balaban J connectivity index is 1.89. The predicted octanol–water partition coefficient (Wildman–Crippen LogP) is 4.90. The highest BCUT2D eigenvalue weighted by atomic mass is 16.5. The minimum Gasteiger partial charge on any atom is -0.493 e. The van der Waals surface area contributed by atoms with Crippen molar-refractivity contribution in [3.63, 3.8) is 0 Å². The lowest BCUT2D eigenvalue weighted by Gasteiger charge is -2.57. The van der Waals surface area contributed by atoms with Crippen LogP contribution in [0.25, 0.3) is 0 Å². The number of Topliss-reactive ketones (excluding diaryl/α,β-unsaturated/α-hetero) is 1. The molecule has 4 rings (SSSR count). The highest BCUT2D eigenvalue weighted by Gasteiger charge is 2.72. The van der Waals surface area contributed by atoms with Crippen molar-refractivity contribution in [2.75, 3.05) is 14.2 Å². The molecular formula is C22H28O3. The predicted molar refractivity (Wildman–Crippen MR) is 98.2 cm³/mol. The van der Waals surface area contributed by atoms with Crippen LogP contribution in [-0.2, 0) is 4.79 Å². The number of fused-ring (bicyclic) bond motifs is 1. The first-order valence-corrected chi connectivity index (χ1v) is 9.29. The Morgan fingerprint density at radius 3 is 2.44 bits per heavy atom. The highest BCUT2D eigenvalue weighted by Crippen LogP contribution is 2.75. The van der Waals surface area contributed by atoms with E-state index in [1.807, 2.05) is 6.07 Å². The second-order valence-corrected chi connectivity index (χ2v) is 8.80. The molecule has 1 aromatic carbocycles. The van der Waals surface area contributed by atoms with Crippen LogP contribution in [0.15, 0.2) is 29.8 Å². The summed E-state index contributed by atoms with van der Waals surface area (Å²) in [6, 6.07) is 6.15. The summed E-state index contributed by atoms with van der Waals surface area (Å²) >= 11 is 0. The van der Waals surface area contributed by atoms with E-state index in [0.29, 0.717) is 5.78 Å². The smallest absolute Gasteiger partial charge is 0.166 e. The molecule has 2 bridgehead atoms. The minimum absolute atomic E-state index is 0.0183. The average Bonchev–Trinajstić information content (AvgIpc) is 3.01. The number of methoxy groups -OCH3 is 2. The van der Waals surface area contributed by atoms with E-state index in [4.69, 9.17) is 9.47 Å². The summed E-state index contributed by atoms with van der Waals surface area (Å²) in [7, 11) is 3.32. The van der Waals surface area contributed by atoms with E-state index in [2.05, 4.69) is 39.0 Å². The van der Waals surface area contributed by atoms with E-state index >= 15 is 0 Å². The maximum absolute atomic E-state index is 13.5. The van der Waals surface area contributed by atoms with Crippen molar-refractivity contribution >= 4 is 5.78 Å². The molecule has 25 heavy (non-hydrogen) atoms. The van der Waals surface area contributed by atoms with Gasteiger partial charge in [0.1, 0.15) is 0 Å². The number of hydrogen-bond donors (Lipinski definition) is 0. The second-order valence-electron chi connectivity index (χ2n) is 8.80. The lowest BCUT2D eigenvalue weighted by atomic mass is 9.44. The molecule has 3 atom stereocenters. The van der Waals surface area contributed by atoms with E-state index in [0.717, 1.165) is 36.3 Å². The van der Waals surface area contributed by atoms with Gasteiger partial charge in [-0.2, -0.15) is 0 Å². The molecule has 0 saturated heterocycles. The summed E-state index contributed by atoms with van der Waals surface area (Å²) < 4.78 is 10.9. The fraction of sp³-hybridized carbons (Fsp3) is 0.591. The summed E-state index contributed by atoms with van der Waals surface area (Å²) in [5.74, 6) is 2.04. The molecule has 0 aromatic heterocycles. The molecule has 1 spiro atoms. The van der Waals surface area contributed by atoms with Crippen molar-refractivity contribution < 1.29 is 14.3 Å². The Kier molecular flexibility index (Phi) is 3.42. The van der Waals surface area contributed by atoms with Gasteiger partial charge in [0.15, 0.2) is 17.3 Å². The van der Waals surface area contributed by atoms with Crippen molar-refractivity contribution in [3.05, 3.63) is 35.4 Å². The molecule has 3 nitrogen and oxygen atoms in total. The Bertz CT molecular complexity index is 775. The lowest BCUT2D eigenvalue weighted by Crippen LogP contribution is -2.54. The van der Waals surface area contributed by atoms with Crippen LogP contribution in [0.4, 0.5) is 0 Å². The van der Waals surface area contributed by atoms with Gasteiger partial charge in [0.2, 0.25) is 0 Å². The molecule has 3 aliphatic carbocycles. The summed E-state index contributed by atoms with van der Waals surface area (Å²) in [6.45, 7) is 6.96. The van der Waals surface area contributed by atoms with Gasteiger partial charge in [0.25, 0.3) is 0 Å². The van der Waals surface area contributed by atoms with Gasteiger partial charge in [-0.3, -0.25) is 4.79 Å². The quantitative estimate of drug-likeness (QED) is 0.785. The van der Waals surface area contributed by atoms with Crippen LogP contribution in [0.2, 0.25) is 0 Å². The first-order chi connectivity index (χ1) is 11.8. The highest BCUT2D eigenvalue weighted by molar-refractivity contribution is 6.08. The fourth-order valence-electron chi connectivity index (χ4n) is 6.43. The van der Waals surface area contributed by atoms with E-state index in [1.165, 1.54) is 12.0 Å². The molecule has 0 amide bonds. The summed E-state index contributed by atoms with van der Waals surface area (Å²) in [4.78, 5) is 13.5. The van der Waals surface area contributed by atoms with Gasteiger partial charge in [-0.25, -0.2) is 0 Å². The molecule has 2 fully saturated rings. The molecule has 3 aliphatic rings. The third-order valence-electron chi connectivity index (χ3n) is 7.60. The third kappa shape index (κ3) is 1.79. The Morgan fingerprint density at radius 2 is 1.76 bits per heavy atom. The SMILES string of the molecule is COc1ccc([C@@H]2C3=CC[C@@]4(C3=O)C(C)(C)CCCC24C)cc1OC. The van der Waals surface area contributed by atoms with Crippen LogP contribution in [0.5, 0.6) is 11.5 Å². The van der Waals surface area contributed by atoms with Crippen LogP contribution < -0.4 is 9.47 Å². The Morgan fingerprint density at radius 1 is 1.04 bits per heavy atom. The summed E-state index contributed by atoms with van der Waals surface area (Å²) in [6.07, 6.45) is 6.56. The second kappa shape index (κ2) is 5.12. The van der Waals surface area contributed by atoms with Gasteiger partial charge in [0, 0.05) is 11.3 Å². The van der Waals surface area contributed by atoms with Gasteiger partial charge in [-0.1, -0.05) is 39.3 Å². The van der Waals surface area contributed by atoms with Crippen molar-refractivity contribution in [2.24, 2.45) is 16.2 Å². The zero-order chi connectivity index (χ0) is 18.0. The van der Waals surface area contributed by atoms with E-state index in [9.17, 15) is 4.79 Å². The van der Waals surface area contributed by atoms with E-state index in [-0.39, 0.29) is 22.2 Å². The molecule has 134 valence electrons. The molecule has 1 aromatic rings. The Hall–Kier alpha value is -1.77. The molecule has 1 unspecified atom stereocenters. The van der Waals surface area contributed by atoms with Crippen LogP contribution >= 0.6 is 0 Å². The monoisotopic (exact) mass is 340 g/mol. The number of hydrogen-bond acceptors (Lipinski definition) is 3. The van der Waals surface area contributed by atoms with Gasteiger partial charge in [0.05, 0.1) is 14.2 Å². The molecule has 0 radical (unpaired) electrons. The molecule has 0 N–H and O–H groups in total. The fourth-order valence-corrected chi connectivity index (χ4v) is 6.43. The molecule has 2 saturated carbocycles. The van der Waals surface area contributed by atoms with Crippen molar-refractivity contribution in [1.82, 2.24) is 0 Å². The van der Waals surface area contributed by atoms with Gasteiger partial charge in [-0.05, 0) is 53.4 Å². The van der Waals surface area contributed by atoms with Crippen molar-refractivity contribution in [3.8, 4) is 11.5 Å². The van der Waals surface area contributed by atoms with Crippen LogP contribution in [-0.4, -0.2) is 20.0 Å². The number of ether oxygens (including phenoxy) is 2. The number of carbonyl (C=O) groups excluding carboxylic acids is 1. The number of benzene rings is 1. The van der Waals surface area contributed by atoms with Crippen LogP contribution in [0.3, 0.4) is 0 Å². The standard InChI is InChI=1S/C22H28O3/c1-20(2)10-6-11-21(3)18(15-9-12-22(20,21)19(15)23)14-7-8-16(24-4)17(13-14)25-5/h7-9,13,18H,6,10-12H2,1-5H3/t18-,21?,22-/m1/s1. The molecule has 0 heterocycles. The number of allylic oxidation sites excluding steroid dienone is 2. The number of carbonyl (C=O) groups is 1. The van der Waals surface area contributed by atoms with E-state index in [1.54, 1.807) is 14.2 Å². The maximum Gasteiger partial charge on any atom is 0.166 e. The maximum atomic E-state index is 13.5. The van der Waals surface area contributed by atoms with Gasteiger partial charge < -0.3 is 9.47 Å². The molecule has 0 aliphatic heterocycles. The minimum atomic E-state index is -0.245. The first kappa shape index (κ1) is 16.7. The van der Waals surface area contributed by atoms with Crippen LogP contribution in [0.1, 0.15) is 57.9 Å². The number of ketones is 1. The summed E-state index contributed by atoms with van der Waals surface area (Å²) in [5.41, 5.74) is 1.99. The first-order valence-electron chi connectivity index (χ1n) is 9.29. The van der Waals surface area contributed by atoms with Crippen molar-refractivity contribution in [1.29, 1.82) is 0 Å². The Labute approximate surface area is 150 Å². The number of rotatable bonds is 3. The van der Waals surface area contributed by atoms with Crippen LogP contribution in [0, 0.1) is 16.2 Å². The van der Waals surface area contributed by atoms with Crippen molar-refractivity contribution in [2.45, 2.75) is 52.4 Å². The van der Waals surface area contributed by atoms with Gasteiger partial charge in [-0.15, -0.1) is 0 Å². The largest absolute Gasteiger partial charge is 0.493 e. The molecular weight excluding hydrogens is 312 g/mol. The normalized spacial score (nSPS) is 35.3. The third-order valence-corrected chi connectivity index (χ3v) is 7.60. The van der Waals surface area contributed by atoms with Gasteiger partial charge >= 0.3 is 0 Å². The zero-order valence-corrected chi connectivity index (χ0v) is 15.9. The molecule has 3 heteroatoms. The summed E-state index contributed by atoms with van der Waals surface area (Å²) in [5, 5.41) is 0. The van der Waals surface area contributed by atoms with E-state index < -0.39 is 0 Å².